The van der Waals surface area contributed by atoms with E-state index in [1.54, 1.807) is 14.0 Å². The molecule has 0 saturated heterocycles. The summed E-state index contributed by atoms with van der Waals surface area (Å²) in [6.07, 6.45) is -0.564. The monoisotopic (exact) mass is 358 g/mol. The number of hydrogen-bond donors (Lipinski definition) is 2. The van der Waals surface area contributed by atoms with Gasteiger partial charge in [0.1, 0.15) is 5.75 Å². The van der Waals surface area contributed by atoms with Crippen LogP contribution in [0.3, 0.4) is 0 Å². The molecule has 6 heteroatoms. The van der Waals surface area contributed by atoms with Crippen LogP contribution in [0, 0.1) is 0 Å². The number of halogens is 1. The van der Waals surface area contributed by atoms with E-state index in [2.05, 4.69) is 26.6 Å². The van der Waals surface area contributed by atoms with E-state index >= 15 is 0 Å². The van der Waals surface area contributed by atoms with Gasteiger partial charge in [0.15, 0.2) is 6.10 Å². The zero-order chi connectivity index (χ0) is 15.8. The fourth-order valence-electron chi connectivity index (χ4n) is 1.78. The van der Waals surface area contributed by atoms with Gasteiger partial charge >= 0.3 is 0 Å². The van der Waals surface area contributed by atoms with Crippen molar-refractivity contribution in [1.82, 2.24) is 10.6 Å². The summed E-state index contributed by atoms with van der Waals surface area (Å²) >= 11 is 3.45. The highest BCUT2D eigenvalue weighted by molar-refractivity contribution is 9.10. The normalized spacial score (nSPS) is 13.6. The highest BCUT2D eigenvalue weighted by Crippen LogP contribution is 2.29. The molecule has 0 radical (unpaired) electrons. The minimum absolute atomic E-state index is 0.126. The number of carbonyl (C=O) groups is 1. The number of ether oxygens (including phenoxy) is 2. The van der Waals surface area contributed by atoms with Gasteiger partial charge in [0.25, 0.3) is 5.91 Å². The number of nitrogens with one attached hydrogen (secondary N) is 2. The van der Waals surface area contributed by atoms with E-state index in [1.165, 1.54) is 0 Å². The minimum atomic E-state index is -0.564. The summed E-state index contributed by atoms with van der Waals surface area (Å²) in [6.45, 7) is 4.73. The van der Waals surface area contributed by atoms with Gasteiger partial charge in [0, 0.05) is 29.7 Å². The topological polar surface area (TPSA) is 59.6 Å². The zero-order valence-corrected chi connectivity index (χ0v) is 14.5. The molecule has 0 bridgehead atoms. The molecule has 0 aliphatic heterocycles. The third-order valence-electron chi connectivity index (χ3n) is 3.15. The number of rotatable bonds is 8. The van der Waals surface area contributed by atoms with Crippen LogP contribution < -0.4 is 15.4 Å². The van der Waals surface area contributed by atoms with Gasteiger partial charge in [-0.3, -0.25) is 4.79 Å². The lowest BCUT2D eigenvalue weighted by atomic mass is 10.1. The predicted octanol–water partition coefficient (Wildman–Crippen LogP) is 2.26. The van der Waals surface area contributed by atoms with E-state index in [0.29, 0.717) is 18.9 Å². The average Bonchev–Trinajstić information content (AvgIpc) is 2.48. The molecule has 1 rings (SSSR count). The second kappa shape index (κ2) is 9.02. The second-order valence-corrected chi connectivity index (χ2v) is 5.65. The van der Waals surface area contributed by atoms with E-state index in [0.717, 1.165) is 10.0 Å². The highest BCUT2D eigenvalue weighted by atomic mass is 79.9. The Morgan fingerprint density at radius 3 is 2.71 bits per heavy atom. The molecule has 0 aliphatic rings. The molecular formula is C15H23BrN2O3. The van der Waals surface area contributed by atoms with Crippen LogP contribution in [0.15, 0.2) is 22.7 Å². The van der Waals surface area contributed by atoms with Crippen molar-refractivity contribution in [3.63, 3.8) is 0 Å². The lowest BCUT2D eigenvalue weighted by molar-refractivity contribution is -0.127. The van der Waals surface area contributed by atoms with Gasteiger partial charge in [0.05, 0.1) is 6.61 Å². The first-order chi connectivity index (χ1) is 9.99. The molecule has 2 N–H and O–H groups in total. The van der Waals surface area contributed by atoms with Crippen molar-refractivity contribution in [2.24, 2.45) is 0 Å². The van der Waals surface area contributed by atoms with Gasteiger partial charge in [-0.05, 0) is 39.1 Å². The van der Waals surface area contributed by atoms with Gasteiger partial charge in [-0.1, -0.05) is 15.9 Å². The Morgan fingerprint density at radius 2 is 2.10 bits per heavy atom. The maximum Gasteiger partial charge on any atom is 0.260 e. The number of amides is 1. The molecule has 0 fully saturated rings. The molecule has 0 aromatic heterocycles. The molecule has 5 nitrogen and oxygen atoms in total. The third-order valence-corrected chi connectivity index (χ3v) is 3.64. The van der Waals surface area contributed by atoms with Gasteiger partial charge in [-0.25, -0.2) is 0 Å². The molecule has 21 heavy (non-hydrogen) atoms. The van der Waals surface area contributed by atoms with E-state index in [4.69, 9.17) is 9.47 Å². The molecule has 2 atom stereocenters. The largest absolute Gasteiger partial charge is 0.481 e. The molecule has 1 aromatic carbocycles. The van der Waals surface area contributed by atoms with Crippen molar-refractivity contribution >= 4 is 21.8 Å². The average molecular weight is 359 g/mol. The van der Waals surface area contributed by atoms with Crippen LogP contribution in [0.1, 0.15) is 25.5 Å². The Bertz CT molecular complexity index is 468. The van der Waals surface area contributed by atoms with Crippen molar-refractivity contribution in [1.29, 1.82) is 0 Å². The molecular weight excluding hydrogens is 336 g/mol. The fourth-order valence-corrected chi connectivity index (χ4v) is 2.16. The van der Waals surface area contributed by atoms with Crippen molar-refractivity contribution < 1.29 is 14.3 Å². The summed E-state index contributed by atoms with van der Waals surface area (Å²) < 4.78 is 11.7. The number of hydrogen-bond acceptors (Lipinski definition) is 4. The first kappa shape index (κ1) is 17.9. The smallest absolute Gasteiger partial charge is 0.260 e. The van der Waals surface area contributed by atoms with E-state index in [-0.39, 0.29) is 11.9 Å². The zero-order valence-electron chi connectivity index (χ0n) is 12.9. The van der Waals surface area contributed by atoms with Crippen LogP contribution in [0.2, 0.25) is 0 Å². The Hall–Kier alpha value is -1.11. The Labute approximate surface area is 134 Å². The second-order valence-electron chi connectivity index (χ2n) is 4.74. The van der Waals surface area contributed by atoms with Crippen LogP contribution in [0.25, 0.3) is 0 Å². The summed E-state index contributed by atoms with van der Waals surface area (Å²) in [7, 11) is 3.48. The molecule has 0 heterocycles. The molecule has 1 aromatic rings. The quantitative estimate of drug-likeness (QED) is 0.699. The molecule has 0 saturated carbocycles. The summed E-state index contributed by atoms with van der Waals surface area (Å²) in [5.74, 6) is 0.549. The first-order valence-corrected chi connectivity index (χ1v) is 7.69. The molecule has 118 valence electrons. The lowest BCUT2D eigenvalue weighted by Crippen LogP contribution is -2.38. The van der Waals surface area contributed by atoms with Crippen molar-refractivity contribution in [3.8, 4) is 5.75 Å². The molecule has 2 unspecified atom stereocenters. The van der Waals surface area contributed by atoms with E-state index < -0.39 is 6.10 Å². The van der Waals surface area contributed by atoms with Crippen LogP contribution in [0.5, 0.6) is 5.75 Å². The van der Waals surface area contributed by atoms with E-state index in [1.807, 2.05) is 32.2 Å². The molecule has 0 aliphatic carbocycles. The summed E-state index contributed by atoms with van der Waals surface area (Å²) in [5.41, 5.74) is 1.00. The van der Waals surface area contributed by atoms with Crippen molar-refractivity contribution in [2.45, 2.75) is 26.0 Å². The minimum Gasteiger partial charge on any atom is -0.481 e. The summed E-state index contributed by atoms with van der Waals surface area (Å²) in [5, 5.41) is 5.94. The van der Waals surface area contributed by atoms with Gasteiger partial charge in [-0.2, -0.15) is 0 Å². The molecule has 0 spiro atoms. The lowest BCUT2D eigenvalue weighted by Gasteiger charge is -2.20. The Balaban J connectivity index is 2.75. The maximum absolute atomic E-state index is 11.9. The number of carbonyl (C=O) groups excluding carboxylic acids is 1. The Morgan fingerprint density at radius 1 is 1.38 bits per heavy atom. The van der Waals surface area contributed by atoms with Crippen LogP contribution in [0.4, 0.5) is 0 Å². The third kappa shape index (κ3) is 5.65. The summed E-state index contributed by atoms with van der Waals surface area (Å²) in [6, 6.07) is 5.89. The van der Waals surface area contributed by atoms with Crippen LogP contribution in [-0.2, 0) is 9.53 Å². The standard InChI is InChI=1S/C15H23BrN2O3/c1-10(17-3)13-9-12(16)5-6-14(13)21-11(2)15(19)18-7-8-20-4/h5-6,9-11,17H,7-8H2,1-4H3,(H,18,19). The molecule has 1 amide bonds. The van der Waals surface area contributed by atoms with Crippen LogP contribution >= 0.6 is 15.9 Å². The predicted molar refractivity (Wildman–Crippen MR) is 86.6 cm³/mol. The first-order valence-electron chi connectivity index (χ1n) is 6.89. The Kier molecular flexibility index (Phi) is 7.71. The highest BCUT2D eigenvalue weighted by Gasteiger charge is 2.18. The van der Waals surface area contributed by atoms with Gasteiger partial charge in [-0.15, -0.1) is 0 Å². The van der Waals surface area contributed by atoms with Crippen molar-refractivity contribution in [2.75, 3.05) is 27.3 Å². The number of benzene rings is 1. The maximum atomic E-state index is 11.9. The number of methoxy groups -OCH3 is 1. The van der Waals surface area contributed by atoms with E-state index in [9.17, 15) is 4.79 Å². The fraction of sp³-hybridized carbons (Fsp3) is 0.533. The van der Waals surface area contributed by atoms with Crippen LogP contribution in [-0.4, -0.2) is 39.3 Å². The van der Waals surface area contributed by atoms with Crippen molar-refractivity contribution in [3.05, 3.63) is 28.2 Å². The van der Waals surface area contributed by atoms with Gasteiger partial charge < -0.3 is 20.1 Å². The van der Waals surface area contributed by atoms with Gasteiger partial charge in [0.2, 0.25) is 0 Å². The summed E-state index contributed by atoms with van der Waals surface area (Å²) in [4.78, 5) is 11.9. The SMILES string of the molecule is CNC(C)c1cc(Br)ccc1OC(C)C(=O)NCCOC.